The van der Waals surface area contributed by atoms with Gasteiger partial charge in [0, 0.05) is 0 Å². The van der Waals surface area contributed by atoms with E-state index in [0.29, 0.717) is 0 Å². The molecule has 0 bridgehead atoms. The van der Waals surface area contributed by atoms with Gasteiger partial charge in [0.15, 0.2) is 0 Å². The number of esters is 1. The molecule has 2 N–H and O–H groups in total. The van der Waals surface area contributed by atoms with Crippen LogP contribution < -0.4 is 0 Å². The highest BCUT2D eigenvalue weighted by molar-refractivity contribution is 7.81. The molecule has 72 valence electrons. The van der Waals surface area contributed by atoms with Crippen LogP contribution in [0.4, 0.5) is 8.78 Å². The fourth-order valence-electron chi connectivity index (χ4n) is 0.294. The zero-order valence-electron chi connectivity index (χ0n) is 5.70. The summed E-state index contributed by atoms with van der Waals surface area (Å²) in [6, 6.07) is 0. The molecular formula is C4H6F2O5S. The maximum atomic E-state index is 12.2. The zero-order valence-corrected chi connectivity index (χ0v) is 6.51. The molecule has 0 aliphatic rings. The van der Waals surface area contributed by atoms with E-state index in [0.717, 1.165) is 0 Å². The molecule has 0 aliphatic carbocycles. The first-order chi connectivity index (χ1) is 5.42. The second-order valence-electron chi connectivity index (χ2n) is 1.63. The fraction of sp³-hybridized carbons (Fsp3) is 0.750. The average Bonchev–Trinajstić information content (AvgIpc) is 1.99. The highest BCUT2D eigenvalue weighted by Gasteiger charge is 2.47. The van der Waals surface area contributed by atoms with E-state index in [1.807, 2.05) is 0 Å². The first-order valence-electron chi connectivity index (χ1n) is 2.69. The molecule has 0 aliphatic heterocycles. The number of alkyl halides is 2. The van der Waals surface area contributed by atoms with Crippen LogP contribution in [-0.4, -0.2) is 38.3 Å². The smallest absolute Gasteiger partial charge is 0.439 e. The van der Waals surface area contributed by atoms with Crippen molar-refractivity contribution in [3.05, 3.63) is 0 Å². The Morgan fingerprint density at radius 3 is 2.42 bits per heavy atom. The monoisotopic (exact) mass is 204 g/mol. The Morgan fingerprint density at radius 1 is 1.58 bits per heavy atom. The topological polar surface area (TPSA) is 83.8 Å². The fourth-order valence-corrected chi connectivity index (χ4v) is 0.495. The van der Waals surface area contributed by atoms with E-state index in [4.69, 9.17) is 9.66 Å². The standard InChI is InChI=1S/C4H6F2O5S/c5-4(6,12(9)10)3(8)11-2-1-7/h7H,1-2H2,(H,9,10). The van der Waals surface area contributed by atoms with Gasteiger partial charge in [0.05, 0.1) is 6.61 Å². The number of halogens is 2. The van der Waals surface area contributed by atoms with Crippen LogP contribution in [0.25, 0.3) is 0 Å². The van der Waals surface area contributed by atoms with Gasteiger partial charge in [0.2, 0.25) is 11.1 Å². The Balaban J connectivity index is 4.16. The lowest BCUT2D eigenvalue weighted by molar-refractivity contribution is -0.161. The molecule has 0 fully saturated rings. The number of carbonyl (C=O) groups excluding carboxylic acids is 1. The van der Waals surface area contributed by atoms with E-state index in [1.165, 1.54) is 0 Å². The van der Waals surface area contributed by atoms with Crippen molar-refractivity contribution in [1.29, 1.82) is 0 Å². The van der Waals surface area contributed by atoms with Crippen molar-refractivity contribution in [2.45, 2.75) is 5.25 Å². The number of ether oxygens (including phenoxy) is 1. The molecule has 0 aromatic carbocycles. The van der Waals surface area contributed by atoms with Gasteiger partial charge < -0.3 is 14.4 Å². The summed E-state index contributed by atoms with van der Waals surface area (Å²) >= 11 is -3.60. The average molecular weight is 204 g/mol. The van der Waals surface area contributed by atoms with Crippen LogP contribution in [0.3, 0.4) is 0 Å². The first kappa shape index (κ1) is 11.4. The molecule has 0 amide bonds. The van der Waals surface area contributed by atoms with E-state index in [1.54, 1.807) is 0 Å². The lowest BCUT2D eigenvalue weighted by Crippen LogP contribution is -2.35. The van der Waals surface area contributed by atoms with E-state index >= 15 is 0 Å². The Bertz CT molecular complexity index is 194. The molecule has 0 radical (unpaired) electrons. The summed E-state index contributed by atoms with van der Waals surface area (Å²) in [5.74, 6) is -2.13. The molecule has 8 heteroatoms. The highest BCUT2D eigenvalue weighted by atomic mass is 32.2. The van der Waals surface area contributed by atoms with Gasteiger partial charge in [-0.3, -0.25) is 0 Å². The van der Waals surface area contributed by atoms with Crippen molar-refractivity contribution in [2.75, 3.05) is 13.2 Å². The lowest BCUT2D eigenvalue weighted by atomic mass is 10.7. The summed E-state index contributed by atoms with van der Waals surface area (Å²) in [4.78, 5) is 10.2. The van der Waals surface area contributed by atoms with Gasteiger partial charge in [-0.25, -0.2) is 9.00 Å². The van der Waals surface area contributed by atoms with Gasteiger partial charge in [0.1, 0.15) is 6.61 Å². The summed E-state index contributed by atoms with van der Waals surface area (Å²) in [5, 5.41) is 3.62. The molecule has 0 heterocycles. The minimum absolute atomic E-state index is 0.625. The highest BCUT2D eigenvalue weighted by Crippen LogP contribution is 2.18. The van der Waals surface area contributed by atoms with Crippen molar-refractivity contribution in [2.24, 2.45) is 0 Å². The SMILES string of the molecule is O=C(OCCO)C(F)(F)S(=O)O. The van der Waals surface area contributed by atoms with Crippen molar-refractivity contribution in [3.63, 3.8) is 0 Å². The molecular weight excluding hydrogens is 198 g/mol. The van der Waals surface area contributed by atoms with Crippen molar-refractivity contribution < 1.29 is 32.2 Å². The Hall–Kier alpha value is -0.600. The molecule has 0 saturated heterocycles. The minimum Gasteiger partial charge on any atom is -0.458 e. The summed E-state index contributed by atoms with van der Waals surface area (Å²) < 4.78 is 45.8. The molecule has 12 heavy (non-hydrogen) atoms. The zero-order chi connectivity index (χ0) is 9.78. The molecule has 1 atom stereocenters. The second-order valence-corrected chi connectivity index (χ2v) is 2.64. The number of hydrogen-bond acceptors (Lipinski definition) is 4. The van der Waals surface area contributed by atoms with Crippen LogP contribution in [0.5, 0.6) is 0 Å². The maximum absolute atomic E-state index is 12.2. The second kappa shape index (κ2) is 4.43. The maximum Gasteiger partial charge on any atom is 0.439 e. The van der Waals surface area contributed by atoms with Gasteiger partial charge >= 0.3 is 11.2 Å². The third-order valence-electron chi connectivity index (χ3n) is 0.781. The molecule has 5 nitrogen and oxygen atoms in total. The predicted octanol–water partition coefficient (Wildman–Crippen LogP) is -0.664. The number of hydrogen-bond donors (Lipinski definition) is 2. The summed E-state index contributed by atoms with van der Waals surface area (Å²) in [6.45, 7) is -1.26. The quantitative estimate of drug-likeness (QED) is 0.469. The number of rotatable bonds is 4. The number of carbonyl (C=O) groups is 1. The Labute approximate surface area is 68.6 Å². The number of aliphatic hydroxyl groups is 1. The van der Waals surface area contributed by atoms with Crippen LogP contribution in [0, 0.1) is 0 Å². The van der Waals surface area contributed by atoms with Gasteiger partial charge in [-0.1, -0.05) is 0 Å². The molecule has 0 aromatic rings. The van der Waals surface area contributed by atoms with Crippen molar-refractivity contribution in [1.82, 2.24) is 0 Å². The van der Waals surface area contributed by atoms with E-state index in [-0.39, 0.29) is 0 Å². The van der Waals surface area contributed by atoms with E-state index in [9.17, 15) is 17.8 Å². The van der Waals surface area contributed by atoms with Crippen LogP contribution in [-0.2, 0) is 20.6 Å². The minimum atomic E-state index is -4.44. The third-order valence-corrected chi connectivity index (χ3v) is 1.39. The molecule has 1 unspecified atom stereocenters. The molecule has 0 spiro atoms. The van der Waals surface area contributed by atoms with Gasteiger partial charge in [-0.05, 0) is 0 Å². The molecule has 0 saturated carbocycles. The molecule has 0 aromatic heterocycles. The Kier molecular flexibility index (Phi) is 4.21. The van der Waals surface area contributed by atoms with Gasteiger partial charge in [-0.2, -0.15) is 8.78 Å². The van der Waals surface area contributed by atoms with Gasteiger partial charge in [-0.15, -0.1) is 0 Å². The largest absolute Gasteiger partial charge is 0.458 e. The third kappa shape index (κ3) is 2.80. The first-order valence-corrected chi connectivity index (χ1v) is 3.80. The van der Waals surface area contributed by atoms with Crippen LogP contribution >= 0.6 is 0 Å². The van der Waals surface area contributed by atoms with Crippen LogP contribution in [0.2, 0.25) is 0 Å². The van der Waals surface area contributed by atoms with E-state index in [2.05, 4.69) is 4.74 Å². The normalized spacial score (nSPS) is 14.0. The van der Waals surface area contributed by atoms with Crippen LogP contribution in [0.1, 0.15) is 0 Å². The summed E-state index contributed by atoms with van der Waals surface area (Å²) in [5.41, 5.74) is 0. The van der Waals surface area contributed by atoms with Crippen LogP contribution in [0.15, 0.2) is 0 Å². The number of aliphatic hydroxyl groups excluding tert-OH is 1. The predicted molar refractivity (Wildman–Crippen MR) is 33.8 cm³/mol. The van der Waals surface area contributed by atoms with Gasteiger partial charge in [0.25, 0.3) is 0 Å². The van der Waals surface area contributed by atoms with Crippen molar-refractivity contribution >= 4 is 17.0 Å². The van der Waals surface area contributed by atoms with E-state index < -0.39 is 35.5 Å². The van der Waals surface area contributed by atoms with Crippen molar-refractivity contribution in [3.8, 4) is 0 Å². The summed E-state index contributed by atoms with van der Waals surface area (Å²) in [6.07, 6.45) is 0. The lowest BCUT2D eigenvalue weighted by Gasteiger charge is -2.09. The Morgan fingerprint density at radius 2 is 2.08 bits per heavy atom. The summed E-state index contributed by atoms with van der Waals surface area (Å²) in [7, 11) is 0. The molecule has 0 rings (SSSR count).